The molecule has 3 rings (SSSR count). The molecule has 1 saturated carbocycles. The van der Waals surface area contributed by atoms with E-state index in [0.717, 1.165) is 30.8 Å². The molecule has 1 aromatic carbocycles. The molecule has 1 aliphatic rings. The Hall–Kier alpha value is -1.61. The Morgan fingerprint density at radius 3 is 2.76 bits per heavy atom. The van der Waals surface area contributed by atoms with Crippen LogP contribution in [0, 0.1) is 0 Å². The first-order chi connectivity index (χ1) is 10.3. The molecule has 0 amide bonds. The van der Waals surface area contributed by atoms with Gasteiger partial charge in [0.05, 0.1) is 11.9 Å². The second-order valence-electron chi connectivity index (χ2n) is 6.25. The normalized spacial score (nSPS) is 22.4. The molecule has 0 spiro atoms. The SMILES string of the molecule is CCCc1ccc(-c2cnc(C3CCCC(N)C3)[nH]2)cc1. The van der Waals surface area contributed by atoms with Crippen molar-refractivity contribution >= 4 is 0 Å². The molecule has 1 aliphatic carbocycles. The maximum atomic E-state index is 6.08. The van der Waals surface area contributed by atoms with Crippen LogP contribution in [0.15, 0.2) is 30.5 Å². The van der Waals surface area contributed by atoms with Gasteiger partial charge in [-0.15, -0.1) is 0 Å². The average Bonchev–Trinajstić information content (AvgIpc) is 2.98. The van der Waals surface area contributed by atoms with Gasteiger partial charge in [-0.25, -0.2) is 4.98 Å². The number of aryl methyl sites for hydroxylation is 1. The predicted molar refractivity (Wildman–Crippen MR) is 87.2 cm³/mol. The summed E-state index contributed by atoms with van der Waals surface area (Å²) in [5, 5.41) is 0. The summed E-state index contributed by atoms with van der Waals surface area (Å²) in [4.78, 5) is 8.10. The molecule has 2 aromatic rings. The van der Waals surface area contributed by atoms with E-state index in [0.29, 0.717) is 12.0 Å². The van der Waals surface area contributed by atoms with Gasteiger partial charge in [-0.3, -0.25) is 0 Å². The van der Waals surface area contributed by atoms with Gasteiger partial charge in [0.15, 0.2) is 0 Å². The fourth-order valence-corrected chi connectivity index (χ4v) is 3.31. The lowest BCUT2D eigenvalue weighted by molar-refractivity contribution is 0.383. The van der Waals surface area contributed by atoms with Gasteiger partial charge >= 0.3 is 0 Å². The Kier molecular flexibility index (Phi) is 4.39. The van der Waals surface area contributed by atoms with Crippen molar-refractivity contribution in [2.75, 3.05) is 0 Å². The van der Waals surface area contributed by atoms with Crippen LogP contribution in [0.2, 0.25) is 0 Å². The third-order valence-corrected chi connectivity index (χ3v) is 4.50. The molecular formula is C18H25N3. The summed E-state index contributed by atoms with van der Waals surface area (Å²) >= 11 is 0. The zero-order valence-corrected chi connectivity index (χ0v) is 12.8. The second kappa shape index (κ2) is 6.44. The van der Waals surface area contributed by atoms with Crippen LogP contribution < -0.4 is 5.73 Å². The van der Waals surface area contributed by atoms with Crippen LogP contribution in [-0.2, 0) is 6.42 Å². The Labute approximate surface area is 127 Å². The minimum absolute atomic E-state index is 0.339. The highest BCUT2D eigenvalue weighted by Crippen LogP contribution is 2.31. The number of hydrogen-bond donors (Lipinski definition) is 2. The number of hydrogen-bond acceptors (Lipinski definition) is 2. The number of rotatable bonds is 4. The first-order valence-corrected chi connectivity index (χ1v) is 8.16. The van der Waals surface area contributed by atoms with Crippen molar-refractivity contribution in [2.24, 2.45) is 5.73 Å². The molecule has 1 aromatic heterocycles. The third-order valence-electron chi connectivity index (χ3n) is 4.50. The standard InChI is InChI=1S/C18H25N3/c1-2-4-13-7-9-14(10-8-13)17-12-20-18(21-17)15-5-3-6-16(19)11-15/h7-10,12,15-16H,2-6,11,19H2,1H3,(H,20,21). The topological polar surface area (TPSA) is 54.7 Å². The number of nitrogens with zero attached hydrogens (tertiary/aromatic N) is 1. The Morgan fingerprint density at radius 1 is 1.24 bits per heavy atom. The lowest BCUT2D eigenvalue weighted by Gasteiger charge is -2.24. The maximum Gasteiger partial charge on any atom is 0.109 e. The van der Waals surface area contributed by atoms with Gasteiger partial charge in [0.1, 0.15) is 5.82 Å². The fraction of sp³-hybridized carbons (Fsp3) is 0.500. The van der Waals surface area contributed by atoms with Crippen LogP contribution in [0.4, 0.5) is 0 Å². The number of nitrogens with one attached hydrogen (secondary N) is 1. The Morgan fingerprint density at radius 2 is 2.05 bits per heavy atom. The van der Waals surface area contributed by atoms with Gasteiger partial charge < -0.3 is 10.7 Å². The van der Waals surface area contributed by atoms with Crippen molar-refractivity contribution in [3.63, 3.8) is 0 Å². The summed E-state index contributed by atoms with van der Waals surface area (Å²) in [5.74, 6) is 1.61. The van der Waals surface area contributed by atoms with Gasteiger partial charge in [0.2, 0.25) is 0 Å². The Bertz CT molecular complexity index is 570. The maximum absolute atomic E-state index is 6.08. The van der Waals surface area contributed by atoms with Crippen molar-refractivity contribution in [1.82, 2.24) is 9.97 Å². The van der Waals surface area contributed by atoms with Crippen LogP contribution in [0.5, 0.6) is 0 Å². The molecular weight excluding hydrogens is 258 g/mol. The fourth-order valence-electron chi connectivity index (χ4n) is 3.31. The largest absolute Gasteiger partial charge is 0.342 e. The van der Waals surface area contributed by atoms with E-state index in [4.69, 9.17) is 5.73 Å². The van der Waals surface area contributed by atoms with Crippen LogP contribution in [-0.4, -0.2) is 16.0 Å². The minimum atomic E-state index is 0.339. The number of aromatic amines is 1. The molecule has 0 saturated heterocycles. The molecule has 2 atom stereocenters. The van der Waals surface area contributed by atoms with E-state index in [1.54, 1.807) is 0 Å². The quantitative estimate of drug-likeness (QED) is 0.890. The lowest BCUT2D eigenvalue weighted by Crippen LogP contribution is -2.27. The Balaban J connectivity index is 1.74. The highest BCUT2D eigenvalue weighted by molar-refractivity contribution is 5.58. The van der Waals surface area contributed by atoms with Crippen molar-refractivity contribution in [1.29, 1.82) is 0 Å². The molecule has 3 nitrogen and oxygen atoms in total. The van der Waals surface area contributed by atoms with Crippen LogP contribution >= 0.6 is 0 Å². The van der Waals surface area contributed by atoms with E-state index in [-0.39, 0.29) is 0 Å². The smallest absolute Gasteiger partial charge is 0.109 e. The minimum Gasteiger partial charge on any atom is -0.342 e. The summed E-state index contributed by atoms with van der Waals surface area (Å²) in [6.45, 7) is 2.21. The first kappa shape index (κ1) is 14.3. The molecule has 2 unspecified atom stereocenters. The lowest BCUT2D eigenvalue weighted by atomic mass is 9.86. The van der Waals surface area contributed by atoms with E-state index in [2.05, 4.69) is 41.2 Å². The molecule has 1 heterocycles. The zero-order valence-electron chi connectivity index (χ0n) is 12.8. The van der Waals surface area contributed by atoms with Gasteiger partial charge in [0.25, 0.3) is 0 Å². The first-order valence-electron chi connectivity index (χ1n) is 8.16. The van der Waals surface area contributed by atoms with E-state index < -0.39 is 0 Å². The van der Waals surface area contributed by atoms with Gasteiger partial charge in [-0.1, -0.05) is 44.0 Å². The van der Waals surface area contributed by atoms with Crippen LogP contribution in [0.3, 0.4) is 0 Å². The summed E-state index contributed by atoms with van der Waals surface area (Å²) in [7, 11) is 0. The highest BCUT2D eigenvalue weighted by Gasteiger charge is 2.23. The van der Waals surface area contributed by atoms with Crippen LogP contribution in [0.25, 0.3) is 11.3 Å². The summed E-state index contributed by atoms with van der Waals surface area (Å²) in [6, 6.07) is 9.15. The molecule has 112 valence electrons. The van der Waals surface area contributed by atoms with Crippen LogP contribution in [0.1, 0.15) is 56.3 Å². The van der Waals surface area contributed by atoms with Gasteiger partial charge in [-0.05, 0) is 36.8 Å². The summed E-state index contributed by atoms with van der Waals surface area (Å²) in [5.41, 5.74) is 9.82. The predicted octanol–water partition coefficient (Wildman–Crippen LogP) is 4.01. The molecule has 1 fully saturated rings. The zero-order chi connectivity index (χ0) is 14.7. The van der Waals surface area contributed by atoms with Crippen molar-refractivity contribution in [3.8, 4) is 11.3 Å². The van der Waals surface area contributed by atoms with Crippen molar-refractivity contribution in [2.45, 2.75) is 57.4 Å². The molecule has 3 heteroatoms. The van der Waals surface area contributed by atoms with E-state index in [1.807, 2.05) is 6.20 Å². The summed E-state index contributed by atoms with van der Waals surface area (Å²) in [6.07, 6.45) is 8.93. The van der Waals surface area contributed by atoms with Gasteiger partial charge in [-0.2, -0.15) is 0 Å². The molecule has 0 bridgehead atoms. The summed E-state index contributed by atoms with van der Waals surface area (Å²) < 4.78 is 0. The van der Waals surface area contributed by atoms with E-state index >= 15 is 0 Å². The molecule has 3 N–H and O–H groups in total. The van der Waals surface area contributed by atoms with Crippen molar-refractivity contribution in [3.05, 3.63) is 41.9 Å². The van der Waals surface area contributed by atoms with E-state index in [1.165, 1.54) is 30.4 Å². The number of H-pyrrole nitrogens is 1. The average molecular weight is 283 g/mol. The monoisotopic (exact) mass is 283 g/mol. The number of aromatic nitrogens is 2. The number of imidazole rings is 1. The molecule has 0 aliphatic heterocycles. The van der Waals surface area contributed by atoms with Gasteiger partial charge in [0, 0.05) is 12.0 Å². The van der Waals surface area contributed by atoms with E-state index in [9.17, 15) is 0 Å². The van der Waals surface area contributed by atoms with Crippen molar-refractivity contribution < 1.29 is 0 Å². The number of nitrogens with two attached hydrogens (primary N) is 1. The molecule has 21 heavy (non-hydrogen) atoms. The molecule has 0 radical (unpaired) electrons. The number of benzene rings is 1. The second-order valence-corrected chi connectivity index (χ2v) is 6.25. The highest BCUT2D eigenvalue weighted by atomic mass is 14.9. The third kappa shape index (κ3) is 3.35.